The Morgan fingerprint density at radius 3 is 1.02 bits per heavy atom. The number of fused-ring (bicyclic) bond motifs is 15. The van der Waals surface area contributed by atoms with Crippen molar-refractivity contribution in [2.45, 2.75) is 34.6 Å². The van der Waals surface area contributed by atoms with E-state index >= 15 is 0 Å². The van der Waals surface area contributed by atoms with E-state index in [0.29, 0.717) is 0 Å². The van der Waals surface area contributed by atoms with Crippen LogP contribution in [0.5, 0.6) is 0 Å². The number of hydrogen-bond donors (Lipinski definition) is 0. The highest BCUT2D eigenvalue weighted by atomic mass is 15.0. The number of nitrogens with zero attached hydrogens (tertiary/aromatic N) is 5. The fraction of sp³-hybridized carbons (Fsp3) is 0.0495. The topological polar surface area (TPSA) is 24.6 Å². The summed E-state index contributed by atoms with van der Waals surface area (Å²) in [5, 5.41) is 13.2. The van der Waals surface area contributed by atoms with Crippen LogP contribution in [0.25, 0.3) is 149 Å². The van der Waals surface area contributed by atoms with E-state index in [9.17, 15) is 0 Å². The van der Waals surface area contributed by atoms with Crippen molar-refractivity contribution in [3.63, 3.8) is 0 Å². The molecule has 0 unspecified atom stereocenters. The van der Waals surface area contributed by atoms with Gasteiger partial charge in [0.25, 0.3) is 0 Å². The van der Waals surface area contributed by atoms with Crippen molar-refractivity contribution in [2.24, 2.45) is 0 Å². The Hall–Kier alpha value is -13.5. The van der Waals surface area contributed by atoms with Crippen LogP contribution in [0.15, 0.2) is 388 Å². The minimum atomic E-state index is 1.20. The summed E-state index contributed by atoms with van der Waals surface area (Å²) in [5.41, 5.74) is 27.8. The van der Waals surface area contributed by atoms with Crippen molar-refractivity contribution in [1.82, 2.24) is 22.8 Å². The van der Waals surface area contributed by atoms with Crippen LogP contribution in [0.2, 0.25) is 0 Å². The molecule has 0 aliphatic heterocycles. The Morgan fingerprint density at radius 1 is 0.170 bits per heavy atom. The van der Waals surface area contributed by atoms with Gasteiger partial charge < -0.3 is 22.8 Å². The minimum absolute atomic E-state index is 1.20. The lowest BCUT2D eigenvalue weighted by Gasteiger charge is -2.12. The summed E-state index contributed by atoms with van der Waals surface area (Å²) in [6, 6.07) is 138. The predicted molar refractivity (Wildman–Crippen MR) is 453 cm³/mol. The molecule has 0 spiro atoms. The van der Waals surface area contributed by atoms with Gasteiger partial charge in [-0.1, -0.05) is 285 Å². The highest BCUT2D eigenvalue weighted by molar-refractivity contribution is 6.16. The Labute approximate surface area is 618 Å². The first-order chi connectivity index (χ1) is 52.3. The fourth-order valence-corrected chi connectivity index (χ4v) is 15.9. The molecule has 106 heavy (non-hydrogen) atoms. The lowest BCUT2D eigenvalue weighted by molar-refractivity contribution is 1.17. The first-order valence-corrected chi connectivity index (χ1v) is 36.6. The predicted octanol–water partition coefficient (Wildman–Crippen LogP) is 27.1. The number of benzene rings is 16. The molecule has 5 aromatic heterocycles. The van der Waals surface area contributed by atoms with Gasteiger partial charge >= 0.3 is 0 Å². The van der Waals surface area contributed by atoms with E-state index in [1.165, 1.54) is 176 Å². The molecule has 0 amide bonds. The molecule has 16 aromatic carbocycles. The van der Waals surface area contributed by atoms with Crippen LogP contribution in [-0.2, 0) is 0 Å². The normalized spacial score (nSPS) is 11.3. The minimum Gasteiger partial charge on any atom is -0.309 e. The number of hydrogen-bond acceptors (Lipinski definition) is 0. The van der Waals surface area contributed by atoms with Crippen LogP contribution in [-0.4, -0.2) is 22.8 Å². The van der Waals surface area contributed by atoms with Gasteiger partial charge in [-0.25, -0.2) is 0 Å². The van der Waals surface area contributed by atoms with Gasteiger partial charge in [0.15, 0.2) is 0 Å². The molecular formula is C101H79N5. The molecule has 0 bridgehead atoms. The summed E-state index contributed by atoms with van der Waals surface area (Å²) in [5.74, 6) is 0. The molecule has 0 fully saturated rings. The molecule has 0 atom stereocenters. The van der Waals surface area contributed by atoms with E-state index < -0.39 is 0 Å². The molecule has 0 saturated carbocycles. The van der Waals surface area contributed by atoms with Crippen molar-refractivity contribution in [3.05, 3.63) is 416 Å². The van der Waals surface area contributed by atoms with E-state index in [1.54, 1.807) is 0 Å². The quantitative estimate of drug-likeness (QED) is 0.159. The molecule has 5 heterocycles. The van der Waals surface area contributed by atoms with Gasteiger partial charge in [-0.05, 0) is 172 Å². The van der Waals surface area contributed by atoms with Gasteiger partial charge in [-0.3, -0.25) is 0 Å². The number of para-hydroxylation sites is 12. The lowest BCUT2D eigenvalue weighted by atomic mass is 10.0. The Morgan fingerprint density at radius 2 is 0.481 bits per heavy atom. The van der Waals surface area contributed by atoms with Crippen LogP contribution in [0.1, 0.15) is 27.8 Å². The number of rotatable bonds is 6. The number of aromatic nitrogens is 5. The van der Waals surface area contributed by atoms with Crippen molar-refractivity contribution in [2.75, 3.05) is 0 Å². The molecule has 0 radical (unpaired) electrons. The molecule has 0 saturated heterocycles. The largest absolute Gasteiger partial charge is 0.309 e. The summed E-state index contributed by atoms with van der Waals surface area (Å²) in [6.07, 6.45) is 0. The van der Waals surface area contributed by atoms with Crippen molar-refractivity contribution < 1.29 is 0 Å². The number of aryl methyl sites for hydroxylation is 5. The zero-order valence-electron chi connectivity index (χ0n) is 60.2. The van der Waals surface area contributed by atoms with E-state index in [4.69, 9.17) is 0 Å². The standard InChI is InChI=1S/C25H19N.4C19H15N/c1-18-10-8-16-22-23-17-9-15-21(19-11-4-2-5-12-19)25(23)26(24(18)22)20-13-6-3-7-14-20;1-14-8-7-12-17-16-11-5-6-13-18(16)20(19(14)17)15-9-3-2-4-10-15;1-14-8-7-13-18-19(14)16-11-5-6-12-17(16)20(18)15-9-3-2-4-10-15;1-14-11-12-19-17(13-14)16-9-5-6-10-18(16)20(19)15-7-3-2-4-8-15;1-14-11-12-17-16-9-5-6-10-18(16)20(19(17)13-14)15-7-3-2-4-8-15/h2-17H,1H3;4*2-13H,1H3. The molecule has 508 valence electrons. The second-order valence-corrected chi connectivity index (χ2v) is 27.4. The maximum absolute atomic E-state index is 2.42. The Bertz CT molecular complexity index is 6650. The van der Waals surface area contributed by atoms with Crippen molar-refractivity contribution >= 4 is 109 Å². The SMILES string of the molecule is Cc1ccc2c(c1)c1ccccc1n2-c1ccccc1.Cc1ccc2c3ccccc3n(-c3ccccc3)c2c1.Cc1cccc2c1c1ccccc1n2-c1ccccc1.Cc1cccc2c3cccc(-c4ccccc4)c3n(-c3ccccc3)c12.Cc1cccc2c3ccccc3n(-c3ccccc3)c12. The summed E-state index contributed by atoms with van der Waals surface area (Å²) in [4.78, 5) is 0. The zero-order valence-corrected chi connectivity index (χ0v) is 60.2. The van der Waals surface area contributed by atoms with Gasteiger partial charge in [0.2, 0.25) is 0 Å². The first-order valence-electron chi connectivity index (χ1n) is 36.6. The van der Waals surface area contributed by atoms with E-state index in [0.717, 1.165) is 0 Å². The molecular weight excluding hydrogens is 1280 g/mol. The second kappa shape index (κ2) is 28.7. The molecule has 21 aromatic rings. The van der Waals surface area contributed by atoms with Crippen LogP contribution in [0.4, 0.5) is 0 Å². The van der Waals surface area contributed by atoms with Crippen LogP contribution in [0, 0.1) is 34.6 Å². The smallest absolute Gasteiger partial charge is 0.0619 e. The third-order valence-electron chi connectivity index (χ3n) is 20.6. The average Bonchev–Trinajstić information content (AvgIpc) is 1.57. The summed E-state index contributed by atoms with van der Waals surface area (Å²) in [6.45, 7) is 10.9. The van der Waals surface area contributed by atoms with Crippen LogP contribution < -0.4 is 0 Å². The van der Waals surface area contributed by atoms with Gasteiger partial charge in [-0.15, -0.1) is 0 Å². The van der Waals surface area contributed by atoms with E-state index in [1.807, 2.05) is 0 Å². The van der Waals surface area contributed by atoms with Gasteiger partial charge in [0.1, 0.15) is 0 Å². The first kappa shape index (κ1) is 65.8. The summed E-state index contributed by atoms with van der Waals surface area (Å²) < 4.78 is 11.8. The van der Waals surface area contributed by atoms with Crippen LogP contribution in [0.3, 0.4) is 0 Å². The monoisotopic (exact) mass is 1360 g/mol. The third-order valence-corrected chi connectivity index (χ3v) is 20.6. The lowest BCUT2D eigenvalue weighted by Crippen LogP contribution is -1.96. The molecule has 5 heteroatoms. The van der Waals surface area contributed by atoms with Crippen molar-refractivity contribution in [3.8, 4) is 39.6 Å². The van der Waals surface area contributed by atoms with Gasteiger partial charge in [0.05, 0.1) is 55.2 Å². The maximum atomic E-state index is 2.42. The highest BCUT2D eigenvalue weighted by Gasteiger charge is 2.20. The molecule has 21 rings (SSSR count). The Balaban J connectivity index is 0.0000000979. The zero-order chi connectivity index (χ0) is 71.6. The fourth-order valence-electron chi connectivity index (χ4n) is 15.9. The van der Waals surface area contributed by atoms with E-state index in [2.05, 4.69) is 446 Å². The highest BCUT2D eigenvalue weighted by Crippen LogP contribution is 2.41. The molecule has 0 N–H and O–H groups in total. The molecule has 0 aliphatic carbocycles. The summed E-state index contributed by atoms with van der Waals surface area (Å²) >= 11 is 0. The van der Waals surface area contributed by atoms with Gasteiger partial charge in [-0.2, -0.15) is 0 Å². The van der Waals surface area contributed by atoms with Crippen molar-refractivity contribution in [1.29, 1.82) is 0 Å². The van der Waals surface area contributed by atoms with Gasteiger partial charge in [0, 0.05) is 87.9 Å². The Kier molecular flexibility index (Phi) is 17.8. The third kappa shape index (κ3) is 12.1. The van der Waals surface area contributed by atoms with Crippen LogP contribution >= 0.6 is 0 Å². The molecule has 5 nitrogen and oxygen atoms in total. The second-order valence-electron chi connectivity index (χ2n) is 27.4. The molecule has 0 aliphatic rings. The average molecular weight is 1360 g/mol. The summed E-state index contributed by atoms with van der Waals surface area (Å²) in [7, 11) is 0. The van der Waals surface area contributed by atoms with E-state index in [-0.39, 0.29) is 0 Å². The maximum Gasteiger partial charge on any atom is 0.0619 e.